The zero-order valence-corrected chi connectivity index (χ0v) is 16.8. The number of rotatable bonds is 7. The van der Waals surface area contributed by atoms with Crippen LogP contribution < -0.4 is 4.74 Å². The molecule has 0 saturated heterocycles. The van der Waals surface area contributed by atoms with Crippen molar-refractivity contribution in [3.63, 3.8) is 0 Å². The Morgan fingerprint density at radius 2 is 1.59 bits per heavy atom. The topological polar surface area (TPSA) is 44.1 Å². The van der Waals surface area contributed by atoms with Gasteiger partial charge in [-0.3, -0.25) is 9.36 Å². The molecule has 0 saturated carbocycles. The molecule has 5 heteroatoms. The highest BCUT2D eigenvalue weighted by Crippen LogP contribution is 2.28. The molecule has 3 aromatic carbocycles. The highest BCUT2D eigenvalue weighted by atomic mass is 32.2. The second kappa shape index (κ2) is 8.80. The van der Waals surface area contributed by atoms with Crippen LogP contribution in [-0.2, 0) is 0 Å². The van der Waals surface area contributed by atoms with E-state index in [9.17, 15) is 4.79 Å². The van der Waals surface area contributed by atoms with Crippen molar-refractivity contribution >= 4 is 17.5 Å². The van der Waals surface area contributed by atoms with Gasteiger partial charge in [-0.05, 0) is 24.3 Å². The summed E-state index contributed by atoms with van der Waals surface area (Å²) in [7, 11) is 1.65. The highest BCUT2D eigenvalue weighted by molar-refractivity contribution is 7.99. The Labute approximate surface area is 174 Å². The number of ketones is 1. The lowest BCUT2D eigenvalue weighted by Crippen LogP contribution is -2.03. The molecular formula is C24H20N2O2S. The summed E-state index contributed by atoms with van der Waals surface area (Å²) < 4.78 is 7.28. The van der Waals surface area contributed by atoms with Crippen LogP contribution in [-0.4, -0.2) is 28.2 Å². The first-order valence-corrected chi connectivity index (χ1v) is 10.2. The summed E-state index contributed by atoms with van der Waals surface area (Å²) in [5, 5.41) is 0.776. The molecule has 0 radical (unpaired) electrons. The van der Waals surface area contributed by atoms with Crippen molar-refractivity contribution < 1.29 is 9.53 Å². The molecule has 1 aromatic heterocycles. The number of aromatic nitrogens is 2. The van der Waals surface area contributed by atoms with E-state index in [1.165, 1.54) is 11.8 Å². The first-order chi connectivity index (χ1) is 14.2. The predicted octanol–water partition coefficient (Wildman–Crippen LogP) is 5.52. The van der Waals surface area contributed by atoms with E-state index in [1.54, 1.807) is 7.11 Å². The average Bonchev–Trinajstić information content (AvgIpc) is 3.23. The largest absolute Gasteiger partial charge is 0.497 e. The minimum absolute atomic E-state index is 0.0844. The van der Waals surface area contributed by atoms with Gasteiger partial charge in [0, 0.05) is 23.0 Å². The molecule has 0 atom stereocenters. The molecule has 0 aliphatic carbocycles. The van der Waals surface area contributed by atoms with Crippen molar-refractivity contribution in [2.24, 2.45) is 0 Å². The fourth-order valence-corrected chi connectivity index (χ4v) is 3.87. The zero-order chi connectivity index (χ0) is 20.1. The van der Waals surface area contributed by atoms with Crippen LogP contribution in [0, 0.1) is 0 Å². The van der Waals surface area contributed by atoms with Gasteiger partial charge in [0.05, 0.1) is 18.6 Å². The number of benzene rings is 3. The lowest BCUT2D eigenvalue weighted by atomic mass is 10.2. The number of nitrogens with zero attached hydrogens (tertiary/aromatic N) is 2. The van der Waals surface area contributed by atoms with Crippen LogP contribution in [0.25, 0.3) is 16.9 Å². The van der Waals surface area contributed by atoms with Gasteiger partial charge >= 0.3 is 0 Å². The van der Waals surface area contributed by atoms with Crippen molar-refractivity contribution in [1.29, 1.82) is 0 Å². The summed E-state index contributed by atoms with van der Waals surface area (Å²) >= 11 is 1.44. The van der Waals surface area contributed by atoms with Crippen molar-refractivity contribution in [1.82, 2.24) is 9.55 Å². The monoisotopic (exact) mass is 400 g/mol. The van der Waals surface area contributed by atoms with Gasteiger partial charge < -0.3 is 4.74 Å². The molecule has 0 fully saturated rings. The number of carbonyl (C=O) groups is 1. The molecule has 29 heavy (non-hydrogen) atoms. The van der Waals surface area contributed by atoms with Gasteiger partial charge in [-0.1, -0.05) is 72.4 Å². The fraction of sp³-hybridized carbons (Fsp3) is 0.0833. The molecular weight excluding hydrogens is 380 g/mol. The second-order valence-corrected chi connectivity index (χ2v) is 7.36. The van der Waals surface area contributed by atoms with Gasteiger partial charge in [-0.25, -0.2) is 4.98 Å². The van der Waals surface area contributed by atoms with Crippen LogP contribution >= 0.6 is 11.8 Å². The summed E-state index contributed by atoms with van der Waals surface area (Å²) in [6, 6.07) is 27.2. The number of hydrogen-bond donors (Lipinski definition) is 0. The van der Waals surface area contributed by atoms with E-state index in [0.29, 0.717) is 11.3 Å². The lowest BCUT2D eigenvalue weighted by Gasteiger charge is -2.08. The number of Topliss-reactive ketones (excluding diaryl/α,β-unsaturated/α-hetero) is 1. The quantitative estimate of drug-likeness (QED) is 0.302. The SMILES string of the molecule is COc1ccc(-n2cc(-c3ccccc3)nc2SCC(=O)c2ccccc2)cc1. The predicted molar refractivity (Wildman–Crippen MR) is 117 cm³/mol. The molecule has 0 unspecified atom stereocenters. The van der Waals surface area contributed by atoms with E-state index in [-0.39, 0.29) is 5.78 Å². The third-order valence-corrected chi connectivity index (χ3v) is 5.47. The third-order valence-electron chi connectivity index (χ3n) is 4.52. The molecule has 0 amide bonds. The van der Waals surface area contributed by atoms with E-state index in [1.807, 2.05) is 95.7 Å². The summed E-state index contributed by atoms with van der Waals surface area (Å²) in [5.41, 5.74) is 3.59. The van der Waals surface area contributed by atoms with E-state index in [0.717, 1.165) is 27.9 Å². The van der Waals surface area contributed by atoms with E-state index in [4.69, 9.17) is 9.72 Å². The standard InChI is InChI=1S/C24H20N2O2S/c1-28-21-14-12-20(13-15-21)26-16-22(18-8-4-2-5-9-18)25-24(26)29-17-23(27)19-10-6-3-7-11-19/h2-16H,17H2,1H3. The third kappa shape index (κ3) is 4.41. The first kappa shape index (κ1) is 19.0. The zero-order valence-electron chi connectivity index (χ0n) is 16.0. The normalized spacial score (nSPS) is 10.7. The van der Waals surface area contributed by atoms with Crippen LogP contribution in [0.15, 0.2) is 96.3 Å². The molecule has 4 aromatic rings. The number of carbonyl (C=O) groups excluding carboxylic acids is 1. The van der Waals surface area contributed by atoms with Gasteiger partial charge in [0.2, 0.25) is 0 Å². The Bertz CT molecular complexity index is 1090. The molecule has 4 nitrogen and oxygen atoms in total. The Hall–Kier alpha value is -3.31. The van der Waals surface area contributed by atoms with Crippen LogP contribution in [0.2, 0.25) is 0 Å². The van der Waals surface area contributed by atoms with E-state index >= 15 is 0 Å². The van der Waals surface area contributed by atoms with Gasteiger partial charge in [-0.2, -0.15) is 0 Å². The van der Waals surface area contributed by atoms with Crippen LogP contribution in [0.4, 0.5) is 0 Å². The van der Waals surface area contributed by atoms with Crippen molar-refractivity contribution in [3.8, 4) is 22.7 Å². The van der Waals surface area contributed by atoms with E-state index in [2.05, 4.69) is 0 Å². The molecule has 0 N–H and O–H groups in total. The fourth-order valence-electron chi connectivity index (χ4n) is 2.98. The summed E-state index contributed by atoms with van der Waals surface area (Å²) in [6.07, 6.45) is 2.01. The van der Waals surface area contributed by atoms with Crippen LogP contribution in [0.3, 0.4) is 0 Å². The van der Waals surface area contributed by atoms with E-state index < -0.39 is 0 Å². The van der Waals surface area contributed by atoms with Gasteiger partial charge in [-0.15, -0.1) is 0 Å². The summed E-state index contributed by atoms with van der Waals surface area (Å²) in [4.78, 5) is 17.4. The Balaban J connectivity index is 1.65. The first-order valence-electron chi connectivity index (χ1n) is 9.25. The van der Waals surface area contributed by atoms with Crippen LogP contribution in [0.1, 0.15) is 10.4 Å². The van der Waals surface area contributed by atoms with Crippen LogP contribution in [0.5, 0.6) is 5.75 Å². The Morgan fingerprint density at radius 1 is 0.931 bits per heavy atom. The summed E-state index contributed by atoms with van der Waals surface area (Å²) in [5.74, 6) is 1.21. The molecule has 0 bridgehead atoms. The Kier molecular flexibility index (Phi) is 5.77. The molecule has 144 valence electrons. The lowest BCUT2D eigenvalue weighted by molar-refractivity contribution is 0.102. The number of ether oxygens (including phenoxy) is 1. The van der Waals surface area contributed by atoms with Crippen molar-refractivity contribution in [3.05, 3.63) is 96.7 Å². The Morgan fingerprint density at radius 3 is 2.24 bits per heavy atom. The van der Waals surface area contributed by atoms with Crippen molar-refractivity contribution in [2.45, 2.75) is 5.16 Å². The number of imidazole rings is 1. The molecule has 4 rings (SSSR count). The maximum Gasteiger partial charge on any atom is 0.173 e. The van der Waals surface area contributed by atoms with Gasteiger partial charge in [0.25, 0.3) is 0 Å². The second-order valence-electron chi connectivity index (χ2n) is 6.42. The molecule has 1 heterocycles. The molecule has 0 spiro atoms. The number of thioether (sulfide) groups is 1. The van der Waals surface area contributed by atoms with Gasteiger partial charge in [0.1, 0.15) is 5.75 Å². The smallest absolute Gasteiger partial charge is 0.173 e. The van der Waals surface area contributed by atoms with Crippen molar-refractivity contribution in [2.75, 3.05) is 12.9 Å². The minimum Gasteiger partial charge on any atom is -0.497 e. The number of hydrogen-bond acceptors (Lipinski definition) is 4. The minimum atomic E-state index is 0.0844. The highest BCUT2D eigenvalue weighted by Gasteiger charge is 2.14. The summed E-state index contributed by atoms with van der Waals surface area (Å²) in [6.45, 7) is 0. The molecule has 0 aliphatic rings. The molecule has 0 aliphatic heterocycles. The maximum atomic E-state index is 12.6. The average molecular weight is 401 g/mol. The van der Waals surface area contributed by atoms with Gasteiger partial charge in [0.15, 0.2) is 10.9 Å². The maximum absolute atomic E-state index is 12.6. The number of methoxy groups -OCH3 is 1.